The normalized spacial score (nSPS) is 14.8. The van der Waals surface area contributed by atoms with Crippen molar-refractivity contribution >= 4 is 11.8 Å². The molecule has 0 fully saturated rings. The Morgan fingerprint density at radius 1 is 1.50 bits per heavy atom. The largest absolute Gasteiger partial charge is 0.392 e. The highest BCUT2D eigenvalue weighted by atomic mass is 32.2. The van der Waals surface area contributed by atoms with Gasteiger partial charge in [-0.2, -0.15) is 0 Å². The lowest BCUT2D eigenvalue weighted by atomic mass is 10.2. The maximum atomic E-state index is 9.45. The summed E-state index contributed by atoms with van der Waals surface area (Å²) in [6, 6.07) is 2.14. The minimum absolute atomic E-state index is 0.168. The number of aromatic nitrogens is 1. The average Bonchev–Trinajstić information content (AvgIpc) is 2.22. The molecule has 1 heterocycles. The Hall–Kier alpha value is -0.580. The maximum Gasteiger partial charge on any atom is 0.0992 e. The second-order valence-electron chi connectivity index (χ2n) is 4.06. The third kappa shape index (κ3) is 3.77. The molecule has 0 spiro atoms. The fraction of sp³-hybridized carbons (Fsp3) is 0.583. The molecular formula is C12H20N2OS. The van der Waals surface area contributed by atoms with Crippen LogP contribution in [0.15, 0.2) is 17.3 Å². The van der Waals surface area contributed by atoms with E-state index in [2.05, 4.69) is 23.3 Å². The van der Waals surface area contributed by atoms with Gasteiger partial charge in [-0.15, -0.1) is 11.8 Å². The van der Waals surface area contributed by atoms with Gasteiger partial charge in [-0.3, -0.25) is 0 Å². The van der Waals surface area contributed by atoms with E-state index in [4.69, 9.17) is 0 Å². The zero-order valence-corrected chi connectivity index (χ0v) is 11.1. The molecule has 1 aromatic rings. The number of rotatable bonds is 5. The van der Waals surface area contributed by atoms with Crippen molar-refractivity contribution in [2.75, 3.05) is 7.05 Å². The molecule has 0 saturated heterocycles. The van der Waals surface area contributed by atoms with Gasteiger partial charge in [0.1, 0.15) is 0 Å². The molecule has 0 bridgehead atoms. The number of aliphatic hydroxyl groups is 1. The highest BCUT2D eigenvalue weighted by Crippen LogP contribution is 2.26. The van der Waals surface area contributed by atoms with E-state index in [0.29, 0.717) is 0 Å². The number of aryl methyl sites for hydroxylation is 1. The lowest BCUT2D eigenvalue weighted by molar-refractivity contribution is 0.196. The standard InChI is InChI=1S/C12H20N2OS/c1-8-5-11(6-13-4)7-14-12(8)16-10(3)9(2)15/h5,7,9-10,13,15H,6H2,1-4H3. The highest BCUT2D eigenvalue weighted by molar-refractivity contribution is 7.99. The van der Waals surface area contributed by atoms with Crippen molar-refractivity contribution in [3.05, 3.63) is 23.4 Å². The van der Waals surface area contributed by atoms with Crippen molar-refractivity contribution in [2.45, 2.75) is 43.7 Å². The van der Waals surface area contributed by atoms with Gasteiger partial charge in [0.25, 0.3) is 0 Å². The summed E-state index contributed by atoms with van der Waals surface area (Å²) in [5, 5.41) is 13.7. The van der Waals surface area contributed by atoms with Crippen LogP contribution in [0.3, 0.4) is 0 Å². The van der Waals surface area contributed by atoms with Crippen LogP contribution in [0.4, 0.5) is 0 Å². The van der Waals surface area contributed by atoms with E-state index in [9.17, 15) is 5.11 Å². The van der Waals surface area contributed by atoms with Gasteiger partial charge in [0.2, 0.25) is 0 Å². The number of hydrogen-bond donors (Lipinski definition) is 2. The van der Waals surface area contributed by atoms with Gasteiger partial charge in [0, 0.05) is 18.0 Å². The molecule has 1 aromatic heterocycles. The third-order valence-corrected chi connectivity index (χ3v) is 3.86. The van der Waals surface area contributed by atoms with Crippen LogP contribution in [0.5, 0.6) is 0 Å². The summed E-state index contributed by atoms with van der Waals surface area (Å²) < 4.78 is 0. The quantitative estimate of drug-likeness (QED) is 0.772. The molecule has 0 aliphatic rings. The zero-order chi connectivity index (χ0) is 12.1. The fourth-order valence-corrected chi connectivity index (χ4v) is 2.23. The number of pyridine rings is 1. The number of hydrogen-bond acceptors (Lipinski definition) is 4. The van der Waals surface area contributed by atoms with E-state index < -0.39 is 0 Å². The zero-order valence-electron chi connectivity index (χ0n) is 10.3. The van der Waals surface area contributed by atoms with E-state index in [1.54, 1.807) is 11.8 Å². The molecule has 2 N–H and O–H groups in total. The Labute approximate surface area is 102 Å². The van der Waals surface area contributed by atoms with Crippen molar-refractivity contribution in [2.24, 2.45) is 0 Å². The van der Waals surface area contributed by atoms with E-state index in [1.165, 1.54) is 11.1 Å². The van der Waals surface area contributed by atoms with Crippen molar-refractivity contribution in [3.8, 4) is 0 Å². The first kappa shape index (κ1) is 13.5. The van der Waals surface area contributed by atoms with Gasteiger partial charge >= 0.3 is 0 Å². The van der Waals surface area contributed by atoms with Crippen molar-refractivity contribution in [1.29, 1.82) is 0 Å². The van der Waals surface area contributed by atoms with Gasteiger partial charge in [-0.25, -0.2) is 4.98 Å². The van der Waals surface area contributed by atoms with Crippen molar-refractivity contribution in [1.82, 2.24) is 10.3 Å². The molecule has 4 heteroatoms. The van der Waals surface area contributed by atoms with Crippen LogP contribution in [0.1, 0.15) is 25.0 Å². The number of aliphatic hydroxyl groups excluding tert-OH is 1. The number of nitrogens with one attached hydrogen (secondary N) is 1. The second-order valence-corrected chi connectivity index (χ2v) is 5.43. The molecule has 0 aliphatic heterocycles. The molecule has 3 nitrogen and oxygen atoms in total. The van der Waals surface area contributed by atoms with Crippen LogP contribution >= 0.6 is 11.8 Å². The van der Waals surface area contributed by atoms with E-state index >= 15 is 0 Å². The first-order chi connectivity index (χ1) is 7.54. The Morgan fingerprint density at radius 3 is 2.69 bits per heavy atom. The van der Waals surface area contributed by atoms with Crippen LogP contribution in [-0.2, 0) is 6.54 Å². The molecule has 1 rings (SSSR count). The van der Waals surface area contributed by atoms with Crippen LogP contribution in [0, 0.1) is 6.92 Å². The molecule has 0 radical (unpaired) electrons. The summed E-state index contributed by atoms with van der Waals surface area (Å²) in [5.74, 6) is 0. The Bertz CT molecular complexity index is 342. The molecule has 0 amide bonds. The fourth-order valence-electron chi connectivity index (χ4n) is 1.32. The van der Waals surface area contributed by atoms with Gasteiger partial charge in [-0.05, 0) is 32.0 Å². The van der Waals surface area contributed by atoms with Crippen LogP contribution in [-0.4, -0.2) is 28.5 Å². The summed E-state index contributed by atoms with van der Waals surface area (Å²) >= 11 is 1.62. The number of nitrogens with zero attached hydrogens (tertiary/aromatic N) is 1. The minimum Gasteiger partial charge on any atom is -0.392 e. The monoisotopic (exact) mass is 240 g/mol. The van der Waals surface area contributed by atoms with Crippen LogP contribution in [0.25, 0.3) is 0 Å². The lowest BCUT2D eigenvalue weighted by Gasteiger charge is -2.15. The molecule has 16 heavy (non-hydrogen) atoms. The average molecular weight is 240 g/mol. The van der Waals surface area contributed by atoms with E-state index in [-0.39, 0.29) is 11.4 Å². The van der Waals surface area contributed by atoms with Gasteiger partial charge < -0.3 is 10.4 Å². The molecule has 0 aromatic carbocycles. The smallest absolute Gasteiger partial charge is 0.0992 e. The van der Waals surface area contributed by atoms with Gasteiger partial charge in [0.05, 0.1) is 11.1 Å². The van der Waals surface area contributed by atoms with E-state index in [0.717, 1.165) is 11.6 Å². The Kier molecular flexibility index (Phi) is 5.25. The molecule has 2 unspecified atom stereocenters. The predicted molar refractivity (Wildman–Crippen MR) is 68.7 cm³/mol. The van der Waals surface area contributed by atoms with Gasteiger partial charge in [-0.1, -0.05) is 13.0 Å². The first-order valence-electron chi connectivity index (χ1n) is 5.49. The molecule has 0 aliphatic carbocycles. The summed E-state index contributed by atoms with van der Waals surface area (Å²) in [7, 11) is 1.92. The van der Waals surface area contributed by atoms with Crippen LogP contribution < -0.4 is 5.32 Å². The van der Waals surface area contributed by atoms with Crippen molar-refractivity contribution < 1.29 is 5.11 Å². The molecule has 0 saturated carbocycles. The maximum absolute atomic E-state index is 9.45. The topological polar surface area (TPSA) is 45.2 Å². The third-order valence-electron chi connectivity index (χ3n) is 2.44. The summed E-state index contributed by atoms with van der Waals surface area (Å²) in [5.41, 5.74) is 2.36. The molecule has 2 atom stereocenters. The SMILES string of the molecule is CNCc1cnc(SC(C)C(C)O)c(C)c1. The molecule has 90 valence electrons. The number of thioether (sulfide) groups is 1. The Balaban J connectivity index is 2.75. The van der Waals surface area contributed by atoms with E-state index in [1.807, 2.05) is 27.1 Å². The Morgan fingerprint density at radius 2 is 2.19 bits per heavy atom. The van der Waals surface area contributed by atoms with Crippen molar-refractivity contribution in [3.63, 3.8) is 0 Å². The highest BCUT2D eigenvalue weighted by Gasteiger charge is 2.12. The first-order valence-corrected chi connectivity index (χ1v) is 6.37. The molecular weight excluding hydrogens is 220 g/mol. The minimum atomic E-state index is -0.316. The summed E-state index contributed by atoms with van der Waals surface area (Å²) in [4.78, 5) is 4.43. The summed E-state index contributed by atoms with van der Waals surface area (Å²) in [6.45, 7) is 6.72. The lowest BCUT2D eigenvalue weighted by Crippen LogP contribution is -2.15. The van der Waals surface area contributed by atoms with Gasteiger partial charge in [0.15, 0.2) is 0 Å². The summed E-state index contributed by atoms with van der Waals surface area (Å²) in [6.07, 6.45) is 1.57. The van der Waals surface area contributed by atoms with Crippen LogP contribution in [0.2, 0.25) is 0 Å². The second kappa shape index (κ2) is 6.23. The predicted octanol–water partition coefficient (Wildman–Crippen LogP) is 1.97.